The van der Waals surface area contributed by atoms with Crippen molar-refractivity contribution in [1.82, 2.24) is 5.32 Å². The molecule has 0 aromatic rings. The molecule has 0 aromatic carbocycles. The Balaban J connectivity index is 2.24. The molecule has 1 aliphatic heterocycles. The summed E-state index contributed by atoms with van der Waals surface area (Å²) in [5.74, 6) is 0.620. The van der Waals surface area contributed by atoms with Crippen LogP contribution >= 0.6 is 0 Å². The average Bonchev–Trinajstić information content (AvgIpc) is 2.26. The highest BCUT2D eigenvalue weighted by atomic mass is 16.5. The van der Waals surface area contributed by atoms with Crippen LogP contribution in [0.1, 0.15) is 33.6 Å². The molecule has 3 unspecified atom stereocenters. The van der Waals surface area contributed by atoms with Gasteiger partial charge >= 0.3 is 0 Å². The van der Waals surface area contributed by atoms with E-state index in [9.17, 15) is 0 Å². The molecular weight excluding hydrogens is 190 g/mol. The topological polar surface area (TPSA) is 30.5 Å². The molecule has 90 valence electrons. The first-order chi connectivity index (χ1) is 7.13. The van der Waals surface area contributed by atoms with Gasteiger partial charge in [-0.15, -0.1) is 0 Å². The summed E-state index contributed by atoms with van der Waals surface area (Å²) in [6.45, 7) is 8.37. The maximum absolute atomic E-state index is 5.73. The summed E-state index contributed by atoms with van der Waals surface area (Å²) in [7, 11) is 1.76. The minimum absolute atomic E-state index is 0.297. The lowest BCUT2D eigenvalue weighted by Crippen LogP contribution is -2.43. The Morgan fingerprint density at radius 3 is 2.73 bits per heavy atom. The molecule has 0 saturated carbocycles. The van der Waals surface area contributed by atoms with E-state index in [-0.39, 0.29) is 0 Å². The summed E-state index contributed by atoms with van der Waals surface area (Å²) in [4.78, 5) is 0. The first kappa shape index (κ1) is 12.9. The fourth-order valence-electron chi connectivity index (χ4n) is 1.89. The monoisotopic (exact) mass is 215 g/mol. The molecule has 1 fully saturated rings. The van der Waals surface area contributed by atoms with Crippen molar-refractivity contribution >= 4 is 0 Å². The summed E-state index contributed by atoms with van der Waals surface area (Å²) in [5.41, 5.74) is 0. The smallest absolute Gasteiger partial charge is 0.0667 e. The van der Waals surface area contributed by atoms with Crippen LogP contribution in [0.15, 0.2) is 0 Å². The Kier molecular flexibility index (Phi) is 5.58. The zero-order valence-electron chi connectivity index (χ0n) is 10.5. The lowest BCUT2D eigenvalue weighted by molar-refractivity contribution is -0.0261. The maximum atomic E-state index is 5.73. The molecule has 3 heteroatoms. The Bertz CT molecular complexity index is 173. The van der Waals surface area contributed by atoms with Crippen LogP contribution in [0.25, 0.3) is 0 Å². The fraction of sp³-hybridized carbons (Fsp3) is 1.00. The van der Waals surface area contributed by atoms with Crippen molar-refractivity contribution in [2.45, 2.75) is 51.9 Å². The summed E-state index contributed by atoms with van der Waals surface area (Å²) in [6.07, 6.45) is 2.98. The quantitative estimate of drug-likeness (QED) is 0.759. The minimum atomic E-state index is 0.297. The Morgan fingerprint density at radius 1 is 1.40 bits per heavy atom. The molecule has 0 bridgehead atoms. The van der Waals surface area contributed by atoms with Crippen molar-refractivity contribution in [2.75, 3.05) is 20.3 Å². The third-order valence-electron chi connectivity index (χ3n) is 3.15. The normalized spacial score (nSPS) is 29.4. The van der Waals surface area contributed by atoms with Crippen LogP contribution in [0.2, 0.25) is 0 Å². The van der Waals surface area contributed by atoms with Crippen molar-refractivity contribution in [2.24, 2.45) is 5.92 Å². The predicted octanol–water partition coefficient (Wildman–Crippen LogP) is 1.81. The number of hydrogen-bond donors (Lipinski definition) is 1. The van der Waals surface area contributed by atoms with E-state index in [1.165, 1.54) is 0 Å². The molecule has 0 radical (unpaired) electrons. The van der Waals surface area contributed by atoms with E-state index in [4.69, 9.17) is 9.47 Å². The standard InChI is InChI=1S/C12H25NO2/c1-9(2)12-7-11(5-6-15-12)13-8-10(3)14-4/h9-13H,5-8H2,1-4H3. The summed E-state index contributed by atoms with van der Waals surface area (Å²) in [5, 5.41) is 3.55. The van der Waals surface area contributed by atoms with Crippen LogP contribution in [0.3, 0.4) is 0 Å². The maximum Gasteiger partial charge on any atom is 0.0667 e. The highest BCUT2D eigenvalue weighted by Crippen LogP contribution is 2.20. The molecule has 0 amide bonds. The average molecular weight is 215 g/mol. The number of methoxy groups -OCH3 is 1. The van der Waals surface area contributed by atoms with Gasteiger partial charge in [0.25, 0.3) is 0 Å². The largest absolute Gasteiger partial charge is 0.380 e. The van der Waals surface area contributed by atoms with Gasteiger partial charge in [-0.1, -0.05) is 13.8 Å². The Morgan fingerprint density at radius 2 is 2.13 bits per heavy atom. The van der Waals surface area contributed by atoms with Crippen LogP contribution in [-0.4, -0.2) is 38.5 Å². The van der Waals surface area contributed by atoms with Gasteiger partial charge in [0.05, 0.1) is 12.2 Å². The number of ether oxygens (including phenoxy) is 2. The highest BCUT2D eigenvalue weighted by molar-refractivity contribution is 4.79. The lowest BCUT2D eigenvalue weighted by atomic mass is 9.95. The van der Waals surface area contributed by atoms with Gasteiger partial charge in [0.15, 0.2) is 0 Å². The van der Waals surface area contributed by atoms with E-state index in [1.807, 2.05) is 0 Å². The fourth-order valence-corrected chi connectivity index (χ4v) is 1.89. The molecule has 15 heavy (non-hydrogen) atoms. The molecule has 1 aliphatic rings. The second kappa shape index (κ2) is 6.46. The van der Waals surface area contributed by atoms with Gasteiger partial charge in [-0.25, -0.2) is 0 Å². The van der Waals surface area contributed by atoms with Gasteiger partial charge in [-0.05, 0) is 25.7 Å². The predicted molar refractivity (Wildman–Crippen MR) is 62.1 cm³/mol. The zero-order chi connectivity index (χ0) is 11.3. The number of hydrogen-bond acceptors (Lipinski definition) is 3. The van der Waals surface area contributed by atoms with E-state index in [1.54, 1.807) is 7.11 Å². The van der Waals surface area contributed by atoms with Gasteiger partial charge in [-0.3, -0.25) is 0 Å². The third kappa shape index (κ3) is 4.49. The number of rotatable bonds is 5. The molecule has 1 N–H and O–H groups in total. The van der Waals surface area contributed by atoms with Crippen molar-refractivity contribution < 1.29 is 9.47 Å². The minimum Gasteiger partial charge on any atom is -0.380 e. The summed E-state index contributed by atoms with van der Waals surface area (Å²) in [6, 6.07) is 0.601. The second-order valence-corrected chi connectivity index (χ2v) is 4.83. The van der Waals surface area contributed by atoms with Crippen LogP contribution in [-0.2, 0) is 9.47 Å². The third-order valence-corrected chi connectivity index (χ3v) is 3.15. The van der Waals surface area contributed by atoms with E-state index in [0.29, 0.717) is 24.2 Å². The van der Waals surface area contributed by atoms with Crippen molar-refractivity contribution in [1.29, 1.82) is 0 Å². The van der Waals surface area contributed by atoms with Crippen LogP contribution < -0.4 is 5.32 Å². The van der Waals surface area contributed by atoms with Gasteiger partial charge in [0.1, 0.15) is 0 Å². The summed E-state index contributed by atoms with van der Waals surface area (Å²) >= 11 is 0. The van der Waals surface area contributed by atoms with Gasteiger partial charge < -0.3 is 14.8 Å². The van der Waals surface area contributed by atoms with Gasteiger partial charge in [-0.2, -0.15) is 0 Å². The second-order valence-electron chi connectivity index (χ2n) is 4.83. The van der Waals surface area contributed by atoms with E-state index in [2.05, 4.69) is 26.1 Å². The van der Waals surface area contributed by atoms with Crippen molar-refractivity contribution in [3.63, 3.8) is 0 Å². The summed E-state index contributed by atoms with van der Waals surface area (Å²) < 4.78 is 11.0. The molecule has 1 rings (SSSR count). The zero-order valence-corrected chi connectivity index (χ0v) is 10.5. The molecule has 3 atom stereocenters. The van der Waals surface area contributed by atoms with Crippen molar-refractivity contribution in [3.8, 4) is 0 Å². The molecular formula is C12H25NO2. The van der Waals surface area contributed by atoms with E-state index < -0.39 is 0 Å². The van der Waals surface area contributed by atoms with Crippen LogP contribution in [0.4, 0.5) is 0 Å². The van der Waals surface area contributed by atoms with E-state index in [0.717, 1.165) is 26.0 Å². The first-order valence-corrected chi connectivity index (χ1v) is 6.01. The van der Waals surface area contributed by atoms with Crippen LogP contribution in [0.5, 0.6) is 0 Å². The molecule has 1 saturated heterocycles. The van der Waals surface area contributed by atoms with Gasteiger partial charge in [0, 0.05) is 26.3 Å². The van der Waals surface area contributed by atoms with Gasteiger partial charge in [0.2, 0.25) is 0 Å². The van der Waals surface area contributed by atoms with Crippen molar-refractivity contribution in [3.05, 3.63) is 0 Å². The molecule has 3 nitrogen and oxygen atoms in total. The molecule has 0 spiro atoms. The molecule has 1 heterocycles. The SMILES string of the molecule is COC(C)CNC1CCOC(C(C)C)C1. The van der Waals surface area contributed by atoms with Crippen LogP contribution in [0, 0.1) is 5.92 Å². The molecule has 0 aromatic heterocycles. The Labute approximate surface area is 93.5 Å². The Hall–Kier alpha value is -0.120. The first-order valence-electron chi connectivity index (χ1n) is 6.01. The van der Waals surface area contributed by atoms with E-state index >= 15 is 0 Å². The number of nitrogens with one attached hydrogen (secondary N) is 1. The molecule has 0 aliphatic carbocycles. The lowest BCUT2D eigenvalue weighted by Gasteiger charge is -2.33. The highest BCUT2D eigenvalue weighted by Gasteiger charge is 2.24.